The number of hydrogen-bond acceptors (Lipinski definition) is 4. The molecule has 25 heavy (non-hydrogen) atoms. The summed E-state index contributed by atoms with van der Waals surface area (Å²) in [5.74, 6) is 0.687. The molecule has 6 nitrogen and oxygen atoms in total. The van der Waals surface area contributed by atoms with Crippen LogP contribution in [-0.2, 0) is 11.3 Å². The SMILES string of the molecule is CCN1CC(=O)N(Cc2cc(C)cc(C)c2OC2CCNCC2)C1=O. The van der Waals surface area contributed by atoms with Crippen LogP contribution in [0.1, 0.15) is 36.5 Å². The van der Waals surface area contributed by atoms with Crippen molar-refractivity contribution in [3.63, 3.8) is 0 Å². The van der Waals surface area contributed by atoms with Gasteiger partial charge >= 0.3 is 6.03 Å². The molecule has 6 heteroatoms. The Kier molecular flexibility index (Phi) is 5.27. The van der Waals surface area contributed by atoms with Crippen LogP contribution in [-0.4, -0.2) is 54.0 Å². The topological polar surface area (TPSA) is 61.9 Å². The van der Waals surface area contributed by atoms with Crippen molar-refractivity contribution in [1.29, 1.82) is 0 Å². The molecule has 1 N–H and O–H groups in total. The van der Waals surface area contributed by atoms with Crippen LogP contribution < -0.4 is 10.1 Å². The standard InChI is InChI=1S/C19H27N3O3/c1-4-21-12-17(23)22(19(21)24)11-15-10-13(2)9-14(3)18(15)25-16-5-7-20-8-6-16/h9-10,16,20H,4-8,11-12H2,1-3H3. The summed E-state index contributed by atoms with van der Waals surface area (Å²) in [4.78, 5) is 27.6. The van der Waals surface area contributed by atoms with Gasteiger partial charge in [0.05, 0.1) is 6.54 Å². The van der Waals surface area contributed by atoms with Gasteiger partial charge in [0.15, 0.2) is 0 Å². The molecule has 1 aromatic rings. The molecule has 1 aromatic carbocycles. The minimum atomic E-state index is -0.209. The molecule has 2 saturated heterocycles. The average Bonchev–Trinajstić information content (AvgIpc) is 2.86. The lowest BCUT2D eigenvalue weighted by Crippen LogP contribution is -2.35. The molecule has 2 heterocycles. The Morgan fingerprint density at radius 3 is 2.56 bits per heavy atom. The number of imide groups is 1. The van der Waals surface area contributed by atoms with Gasteiger partial charge in [-0.2, -0.15) is 0 Å². The summed E-state index contributed by atoms with van der Waals surface area (Å²) in [6, 6.07) is 3.91. The van der Waals surface area contributed by atoms with Gasteiger partial charge in [-0.15, -0.1) is 0 Å². The molecule has 0 spiro atoms. The number of likely N-dealkylation sites (N-methyl/N-ethyl adjacent to an activating group) is 1. The Labute approximate surface area is 149 Å². The predicted molar refractivity (Wildman–Crippen MR) is 95.6 cm³/mol. The van der Waals surface area contributed by atoms with Gasteiger partial charge in [-0.3, -0.25) is 9.69 Å². The van der Waals surface area contributed by atoms with Crippen molar-refractivity contribution < 1.29 is 14.3 Å². The van der Waals surface area contributed by atoms with Crippen LogP contribution in [0.15, 0.2) is 12.1 Å². The van der Waals surface area contributed by atoms with E-state index < -0.39 is 0 Å². The third kappa shape index (κ3) is 3.79. The summed E-state index contributed by atoms with van der Waals surface area (Å²) in [5, 5.41) is 3.34. The van der Waals surface area contributed by atoms with E-state index in [2.05, 4.69) is 11.4 Å². The van der Waals surface area contributed by atoms with Crippen LogP contribution in [0.5, 0.6) is 5.75 Å². The lowest BCUT2D eigenvalue weighted by atomic mass is 10.0. The lowest BCUT2D eigenvalue weighted by molar-refractivity contribution is -0.125. The highest BCUT2D eigenvalue weighted by Gasteiger charge is 2.35. The largest absolute Gasteiger partial charge is 0.490 e. The van der Waals surface area contributed by atoms with E-state index in [9.17, 15) is 9.59 Å². The number of amides is 3. The van der Waals surface area contributed by atoms with E-state index >= 15 is 0 Å². The summed E-state index contributed by atoms with van der Waals surface area (Å²) in [5.41, 5.74) is 3.08. The number of aryl methyl sites for hydroxylation is 2. The Bertz CT molecular complexity index is 668. The Morgan fingerprint density at radius 2 is 1.92 bits per heavy atom. The zero-order valence-electron chi connectivity index (χ0n) is 15.3. The number of carbonyl (C=O) groups is 2. The molecule has 0 saturated carbocycles. The van der Waals surface area contributed by atoms with Crippen molar-refractivity contribution in [2.24, 2.45) is 0 Å². The van der Waals surface area contributed by atoms with Crippen molar-refractivity contribution in [2.75, 3.05) is 26.2 Å². The van der Waals surface area contributed by atoms with E-state index in [0.29, 0.717) is 6.54 Å². The molecule has 0 unspecified atom stereocenters. The second kappa shape index (κ2) is 7.44. The van der Waals surface area contributed by atoms with Crippen molar-refractivity contribution in [3.05, 3.63) is 28.8 Å². The van der Waals surface area contributed by atoms with Gasteiger partial charge in [-0.25, -0.2) is 4.79 Å². The number of rotatable bonds is 5. The number of piperidine rings is 1. The Morgan fingerprint density at radius 1 is 1.20 bits per heavy atom. The van der Waals surface area contributed by atoms with Crippen molar-refractivity contribution in [2.45, 2.75) is 46.3 Å². The lowest BCUT2D eigenvalue weighted by Gasteiger charge is -2.27. The number of urea groups is 1. The fourth-order valence-corrected chi connectivity index (χ4v) is 3.58. The molecule has 2 aliphatic rings. The number of nitrogens with zero attached hydrogens (tertiary/aromatic N) is 2. The monoisotopic (exact) mass is 345 g/mol. The van der Waals surface area contributed by atoms with E-state index in [1.54, 1.807) is 4.90 Å². The minimum absolute atomic E-state index is 0.140. The normalized spacial score (nSPS) is 19.0. The first-order chi connectivity index (χ1) is 12.0. The van der Waals surface area contributed by atoms with Crippen LogP contribution in [0, 0.1) is 13.8 Å². The molecular weight excluding hydrogens is 318 g/mol. The van der Waals surface area contributed by atoms with Gasteiger partial charge in [0.2, 0.25) is 0 Å². The fraction of sp³-hybridized carbons (Fsp3) is 0.579. The maximum Gasteiger partial charge on any atom is 0.327 e. The van der Waals surface area contributed by atoms with Gasteiger partial charge in [0.1, 0.15) is 18.4 Å². The average molecular weight is 345 g/mol. The van der Waals surface area contributed by atoms with E-state index in [1.165, 1.54) is 4.90 Å². The maximum atomic E-state index is 12.4. The van der Waals surface area contributed by atoms with E-state index in [4.69, 9.17) is 4.74 Å². The Hall–Kier alpha value is -2.08. The first-order valence-electron chi connectivity index (χ1n) is 9.06. The number of ether oxygens (including phenoxy) is 1. The first kappa shape index (κ1) is 17.7. The second-order valence-electron chi connectivity index (χ2n) is 6.91. The third-order valence-electron chi connectivity index (χ3n) is 4.91. The molecule has 0 aromatic heterocycles. The van der Waals surface area contributed by atoms with Crippen LogP contribution >= 0.6 is 0 Å². The molecule has 0 atom stereocenters. The smallest absolute Gasteiger partial charge is 0.327 e. The van der Waals surface area contributed by atoms with Crippen LogP contribution in [0.2, 0.25) is 0 Å². The fourth-order valence-electron chi connectivity index (χ4n) is 3.58. The maximum absolute atomic E-state index is 12.4. The summed E-state index contributed by atoms with van der Waals surface area (Å²) < 4.78 is 6.30. The Balaban J connectivity index is 1.84. The molecule has 3 amide bonds. The number of carbonyl (C=O) groups excluding carboxylic acids is 2. The molecule has 2 fully saturated rings. The molecule has 0 aliphatic carbocycles. The molecule has 0 bridgehead atoms. The summed E-state index contributed by atoms with van der Waals surface area (Å²) in [6.07, 6.45) is 2.12. The van der Waals surface area contributed by atoms with E-state index in [-0.39, 0.29) is 31.1 Å². The van der Waals surface area contributed by atoms with Gasteiger partial charge in [0, 0.05) is 12.1 Å². The van der Waals surface area contributed by atoms with Gasteiger partial charge < -0.3 is 15.0 Å². The van der Waals surface area contributed by atoms with Crippen LogP contribution in [0.3, 0.4) is 0 Å². The summed E-state index contributed by atoms with van der Waals surface area (Å²) in [6.45, 7) is 8.85. The number of hydrogen-bond donors (Lipinski definition) is 1. The van der Waals surface area contributed by atoms with Crippen LogP contribution in [0.25, 0.3) is 0 Å². The molecular formula is C19H27N3O3. The highest BCUT2D eigenvalue weighted by atomic mass is 16.5. The second-order valence-corrected chi connectivity index (χ2v) is 6.91. The third-order valence-corrected chi connectivity index (χ3v) is 4.91. The zero-order chi connectivity index (χ0) is 18.0. The van der Waals surface area contributed by atoms with Gasteiger partial charge in [-0.05, 0) is 52.3 Å². The minimum Gasteiger partial charge on any atom is -0.490 e. The summed E-state index contributed by atoms with van der Waals surface area (Å²) in [7, 11) is 0. The number of nitrogens with one attached hydrogen (secondary N) is 1. The van der Waals surface area contributed by atoms with Crippen molar-refractivity contribution in [3.8, 4) is 5.75 Å². The van der Waals surface area contributed by atoms with Gasteiger partial charge in [0.25, 0.3) is 5.91 Å². The number of benzene rings is 1. The predicted octanol–water partition coefficient (Wildman–Crippen LogP) is 2.22. The van der Waals surface area contributed by atoms with E-state index in [1.807, 2.05) is 26.8 Å². The molecule has 136 valence electrons. The van der Waals surface area contributed by atoms with Crippen molar-refractivity contribution >= 4 is 11.9 Å². The van der Waals surface area contributed by atoms with Crippen molar-refractivity contribution in [1.82, 2.24) is 15.1 Å². The highest BCUT2D eigenvalue weighted by molar-refractivity contribution is 6.01. The molecule has 2 aliphatic heterocycles. The summed E-state index contributed by atoms with van der Waals surface area (Å²) >= 11 is 0. The molecule has 0 radical (unpaired) electrons. The highest BCUT2D eigenvalue weighted by Crippen LogP contribution is 2.30. The quantitative estimate of drug-likeness (QED) is 0.831. The van der Waals surface area contributed by atoms with Gasteiger partial charge in [-0.1, -0.05) is 17.7 Å². The zero-order valence-corrected chi connectivity index (χ0v) is 15.3. The first-order valence-corrected chi connectivity index (χ1v) is 9.06. The molecule has 3 rings (SSSR count). The van der Waals surface area contributed by atoms with E-state index in [0.717, 1.165) is 48.4 Å². The van der Waals surface area contributed by atoms with Crippen LogP contribution in [0.4, 0.5) is 4.79 Å².